The van der Waals surface area contributed by atoms with Gasteiger partial charge in [-0.1, -0.05) is 0 Å². The lowest BCUT2D eigenvalue weighted by atomic mass is 10.5. The van der Waals surface area contributed by atoms with Crippen molar-refractivity contribution in [3.63, 3.8) is 0 Å². The Morgan fingerprint density at radius 3 is 2.56 bits per heavy atom. The molecule has 2 N–H and O–H groups in total. The number of rotatable bonds is 2. The van der Waals surface area contributed by atoms with Crippen LogP contribution >= 0.6 is 23.1 Å². The zero-order chi connectivity index (χ0) is 13.3. The summed E-state index contributed by atoms with van der Waals surface area (Å²) in [7, 11) is 0. The second kappa shape index (κ2) is 4.73. The highest BCUT2D eigenvalue weighted by atomic mass is 32.2. The number of hydrogen-bond donors (Lipinski definition) is 1. The molecule has 2 rings (SSSR count). The highest BCUT2D eigenvalue weighted by molar-refractivity contribution is 8.01. The van der Waals surface area contributed by atoms with Gasteiger partial charge in [0, 0.05) is 17.1 Å². The van der Waals surface area contributed by atoms with Gasteiger partial charge in [0.15, 0.2) is 4.34 Å². The SMILES string of the molecule is Cc1csc(Sc2cc(N)nc(C(F)(F)F)n2)n1. The molecule has 18 heavy (non-hydrogen) atoms. The summed E-state index contributed by atoms with van der Waals surface area (Å²) in [5, 5.41) is 1.93. The van der Waals surface area contributed by atoms with Crippen LogP contribution in [0, 0.1) is 6.92 Å². The number of alkyl halides is 3. The van der Waals surface area contributed by atoms with Crippen LogP contribution in [0.2, 0.25) is 0 Å². The van der Waals surface area contributed by atoms with E-state index >= 15 is 0 Å². The van der Waals surface area contributed by atoms with E-state index in [2.05, 4.69) is 15.0 Å². The lowest BCUT2D eigenvalue weighted by Gasteiger charge is -2.06. The van der Waals surface area contributed by atoms with E-state index < -0.39 is 12.0 Å². The number of aromatic nitrogens is 3. The summed E-state index contributed by atoms with van der Waals surface area (Å²) < 4.78 is 38.1. The van der Waals surface area contributed by atoms with Crippen LogP contribution in [0.5, 0.6) is 0 Å². The van der Waals surface area contributed by atoms with Gasteiger partial charge in [-0.25, -0.2) is 15.0 Å². The third-order valence-corrected chi connectivity index (χ3v) is 3.74. The van der Waals surface area contributed by atoms with E-state index in [1.807, 2.05) is 0 Å². The molecule has 96 valence electrons. The van der Waals surface area contributed by atoms with Crippen LogP contribution in [0.15, 0.2) is 20.8 Å². The first-order chi connectivity index (χ1) is 8.34. The average molecular weight is 292 g/mol. The number of thiazole rings is 1. The van der Waals surface area contributed by atoms with E-state index in [9.17, 15) is 13.2 Å². The normalized spacial score (nSPS) is 11.8. The molecule has 0 radical (unpaired) electrons. The Bertz CT molecular complexity index is 567. The van der Waals surface area contributed by atoms with Gasteiger partial charge in [0.05, 0.1) is 0 Å². The van der Waals surface area contributed by atoms with Crippen LogP contribution in [0.4, 0.5) is 19.0 Å². The number of nitrogens with zero attached hydrogens (tertiary/aromatic N) is 3. The Morgan fingerprint density at radius 2 is 2.00 bits per heavy atom. The van der Waals surface area contributed by atoms with Gasteiger partial charge >= 0.3 is 6.18 Å². The van der Waals surface area contributed by atoms with E-state index in [0.29, 0.717) is 4.34 Å². The lowest BCUT2D eigenvalue weighted by molar-refractivity contribution is -0.145. The summed E-state index contributed by atoms with van der Waals surface area (Å²) >= 11 is 2.36. The molecule has 2 heterocycles. The molecule has 0 atom stereocenters. The van der Waals surface area contributed by atoms with Gasteiger partial charge in [0.25, 0.3) is 0 Å². The molecule has 0 fully saturated rings. The van der Waals surface area contributed by atoms with Crippen molar-refractivity contribution < 1.29 is 13.2 Å². The summed E-state index contributed by atoms with van der Waals surface area (Å²) in [4.78, 5) is 10.7. The number of anilines is 1. The van der Waals surface area contributed by atoms with E-state index in [-0.39, 0.29) is 10.8 Å². The highest BCUT2D eigenvalue weighted by Crippen LogP contribution is 2.32. The van der Waals surface area contributed by atoms with E-state index in [0.717, 1.165) is 17.5 Å². The maximum atomic E-state index is 12.5. The first-order valence-electron chi connectivity index (χ1n) is 4.66. The van der Waals surface area contributed by atoms with Crippen molar-refractivity contribution in [3.8, 4) is 0 Å². The minimum atomic E-state index is -4.61. The number of nitrogen functional groups attached to an aromatic ring is 1. The summed E-state index contributed by atoms with van der Waals surface area (Å²) in [6, 6.07) is 1.29. The molecule has 0 amide bonds. The van der Waals surface area contributed by atoms with Gasteiger partial charge in [-0.3, -0.25) is 0 Å². The molecule has 0 aliphatic heterocycles. The lowest BCUT2D eigenvalue weighted by Crippen LogP contribution is -2.12. The second-order valence-corrected chi connectivity index (χ2v) is 5.43. The van der Waals surface area contributed by atoms with Crippen LogP contribution in [0.3, 0.4) is 0 Å². The fourth-order valence-corrected chi connectivity index (χ4v) is 2.88. The van der Waals surface area contributed by atoms with Crippen LogP contribution < -0.4 is 5.73 Å². The van der Waals surface area contributed by atoms with Crippen LogP contribution in [0.1, 0.15) is 11.5 Å². The Morgan fingerprint density at radius 1 is 1.28 bits per heavy atom. The quantitative estimate of drug-likeness (QED) is 0.862. The van der Waals surface area contributed by atoms with Gasteiger partial charge in [-0.05, 0) is 18.7 Å². The van der Waals surface area contributed by atoms with Crippen molar-refractivity contribution >= 4 is 28.9 Å². The molecule has 4 nitrogen and oxygen atoms in total. The van der Waals surface area contributed by atoms with Crippen LogP contribution in [-0.4, -0.2) is 15.0 Å². The van der Waals surface area contributed by atoms with E-state index in [1.165, 1.54) is 17.4 Å². The monoisotopic (exact) mass is 292 g/mol. The molecular weight excluding hydrogens is 285 g/mol. The summed E-state index contributed by atoms with van der Waals surface area (Å²) in [5.74, 6) is -1.45. The van der Waals surface area contributed by atoms with E-state index in [1.54, 1.807) is 12.3 Å². The molecule has 0 aliphatic rings. The van der Waals surface area contributed by atoms with Gasteiger partial charge in [0.2, 0.25) is 5.82 Å². The topological polar surface area (TPSA) is 64.7 Å². The molecule has 2 aromatic heterocycles. The van der Waals surface area contributed by atoms with Crippen molar-refractivity contribution in [1.29, 1.82) is 0 Å². The molecule has 0 bridgehead atoms. The molecule has 0 spiro atoms. The molecular formula is C9H7F3N4S2. The Hall–Kier alpha value is -1.35. The molecule has 2 aromatic rings. The Kier molecular flexibility index (Phi) is 3.44. The largest absolute Gasteiger partial charge is 0.451 e. The average Bonchev–Trinajstić information content (AvgIpc) is 2.61. The standard InChI is InChI=1S/C9H7F3N4S2/c1-4-3-17-8(14-4)18-6-2-5(13)15-7(16-6)9(10,11)12/h2-3H,1H3,(H2,13,15,16). The molecule has 0 aromatic carbocycles. The number of halogens is 3. The fourth-order valence-electron chi connectivity index (χ4n) is 1.09. The second-order valence-electron chi connectivity index (χ2n) is 3.31. The van der Waals surface area contributed by atoms with Crippen molar-refractivity contribution in [2.45, 2.75) is 22.5 Å². The van der Waals surface area contributed by atoms with E-state index in [4.69, 9.17) is 5.73 Å². The number of hydrogen-bond acceptors (Lipinski definition) is 6. The fraction of sp³-hybridized carbons (Fsp3) is 0.222. The third-order valence-electron chi connectivity index (χ3n) is 1.77. The molecule has 0 saturated carbocycles. The highest BCUT2D eigenvalue weighted by Gasteiger charge is 2.35. The predicted molar refractivity (Wildman–Crippen MR) is 62.4 cm³/mol. The smallest absolute Gasteiger partial charge is 0.384 e. The predicted octanol–water partition coefficient (Wildman–Crippen LogP) is 2.99. The zero-order valence-corrected chi connectivity index (χ0v) is 10.7. The first kappa shape index (κ1) is 13.1. The van der Waals surface area contributed by atoms with Crippen molar-refractivity contribution in [3.05, 3.63) is 23.0 Å². The van der Waals surface area contributed by atoms with Crippen LogP contribution in [0.25, 0.3) is 0 Å². The van der Waals surface area contributed by atoms with Crippen molar-refractivity contribution in [2.75, 3.05) is 5.73 Å². The maximum Gasteiger partial charge on any atom is 0.451 e. The Labute approximate surface area is 108 Å². The van der Waals surface area contributed by atoms with Crippen LogP contribution in [-0.2, 0) is 6.18 Å². The van der Waals surface area contributed by atoms with Gasteiger partial charge in [-0.15, -0.1) is 11.3 Å². The maximum absolute atomic E-state index is 12.5. The zero-order valence-electron chi connectivity index (χ0n) is 9.02. The summed E-state index contributed by atoms with van der Waals surface area (Å²) in [5.41, 5.74) is 6.14. The Balaban J connectivity index is 2.31. The first-order valence-corrected chi connectivity index (χ1v) is 6.36. The molecule has 0 saturated heterocycles. The number of nitrogens with two attached hydrogens (primary N) is 1. The molecule has 0 unspecified atom stereocenters. The van der Waals surface area contributed by atoms with Crippen molar-refractivity contribution in [2.24, 2.45) is 0 Å². The summed E-state index contributed by atoms with van der Waals surface area (Å²) in [6.45, 7) is 1.80. The molecule has 0 aliphatic carbocycles. The minimum absolute atomic E-state index is 0.129. The van der Waals surface area contributed by atoms with Gasteiger partial charge in [-0.2, -0.15) is 13.2 Å². The van der Waals surface area contributed by atoms with Crippen molar-refractivity contribution in [1.82, 2.24) is 15.0 Å². The summed E-state index contributed by atoms with van der Waals surface area (Å²) in [6.07, 6.45) is -4.61. The van der Waals surface area contributed by atoms with Gasteiger partial charge in [0.1, 0.15) is 10.8 Å². The molecule has 9 heteroatoms. The van der Waals surface area contributed by atoms with Gasteiger partial charge < -0.3 is 5.73 Å². The minimum Gasteiger partial charge on any atom is -0.384 e. The number of aryl methyl sites for hydroxylation is 1. The third kappa shape index (κ3) is 3.10.